The molecule has 0 fully saturated rings. The maximum absolute atomic E-state index is 6.62. The summed E-state index contributed by atoms with van der Waals surface area (Å²) in [5.41, 5.74) is 7.06. The monoisotopic (exact) mass is 365 g/mol. The van der Waals surface area contributed by atoms with E-state index in [2.05, 4.69) is 36.2 Å². The Morgan fingerprint density at radius 3 is 2.58 bits per heavy atom. The third kappa shape index (κ3) is 2.59. The Balaban J connectivity index is 2.08. The molecule has 0 saturated heterocycles. The van der Waals surface area contributed by atoms with Gasteiger partial charge in [-0.05, 0) is 48.7 Å². The van der Waals surface area contributed by atoms with Crippen molar-refractivity contribution in [2.24, 2.45) is 14.1 Å². The van der Waals surface area contributed by atoms with Gasteiger partial charge in [0.2, 0.25) is 0 Å². The third-order valence-electron chi connectivity index (χ3n) is 4.84. The van der Waals surface area contributed by atoms with Gasteiger partial charge >= 0.3 is 0 Å². The van der Waals surface area contributed by atoms with Crippen molar-refractivity contribution in [2.45, 2.75) is 20.3 Å². The van der Waals surface area contributed by atoms with Crippen LogP contribution in [-0.2, 0) is 20.5 Å². The van der Waals surface area contributed by atoms with Gasteiger partial charge in [0.15, 0.2) is 0 Å². The number of pyridine rings is 1. The van der Waals surface area contributed by atoms with E-state index in [0.717, 1.165) is 45.4 Å². The number of nitrogens with zero attached hydrogens (tertiary/aromatic N) is 5. The molecule has 5 nitrogen and oxygen atoms in total. The highest BCUT2D eigenvalue weighted by atomic mass is 35.5. The number of aromatic nitrogens is 5. The predicted octanol–water partition coefficient (Wildman–Crippen LogP) is 4.56. The smallest absolute Gasteiger partial charge is 0.139 e. The molecule has 3 heterocycles. The fourth-order valence-electron chi connectivity index (χ4n) is 3.43. The third-order valence-corrected chi connectivity index (χ3v) is 5.11. The number of rotatable bonds is 3. The minimum Gasteiger partial charge on any atom is -0.275 e. The fraction of sp³-hybridized carbons (Fsp3) is 0.250. The number of hydrogen-bond donors (Lipinski definition) is 0. The Labute approximate surface area is 157 Å². The van der Waals surface area contributed by atoms with Gasteiger partial charge in [-0.3, -0.25) is 9.36 Å². The molecule has 0 bridgehead atoms. The predicted molar refractivity (Wildman–Crippen MR) is 105 cm³/mol. The van der Waals surface area contributed by atoms with Gasteiger partial charge in [-0.25, -0.2) is 4.98 Å². The van der Waals surface area contributed by atoms with Crippen LogP contribution in [0.15, 0.2) is 36.7 Å². The molecule has 6 heteroatoms. The number of aryl methyl sites for hydroxylation is 4. The number of fused-ring (bicyclic) bond motifs is 1. The lowest BCUT2D eigenvalue weighted by atomic mass is 9.96. The zero-order valence-corrected chi connectivity index (χ0v) is 16.0. The van der Waals surface area contributed by atoms with E-state index in [-0.39, 0.29) is 0 Å². The summed E-state index contributed by atoms with van der Waals surface area (Å²) in [5, 5.41) is 10.4. The van der Waals surface area contributed by atoms with Crippen molar-refractivity contribution in [3.8, 4) is 22.5 Å². The van der Waals surface area contributed by atoms with Gasteiger partial charge in [-0.15, -0.1) is 0 Å². The average molecular weight is 366 g/mol. The normalized spacial score (nSPS) is 11.4. The molecule has 26 heavy (non-hydrogen) atoms. The summed E-state index contributed by atoms with van der Waals surface area (Å²) >= 11 is 6.62. The first-order valence-corrected chi connectivity index (χ1v) is 8.98. The van der Waals surface area contributed by atoms with Crippen LogP contribution in [0.4, 0.5) is 0 Å². The van der Waals surface area contributed by atoms with Gasteiger partial charge in [0.05, 0.1) is 16.9 Å². The Morgan fingerprint density at radius 1 is 1.15 bits per heavy atom. The maximum atomic E-state index is 6.62. The summed E-state index contributed by atoms with van der Waals surface area (Å²) in [6.07, 6.45) is 4.66. The molecule has 0 spiro atoms. The number of hydrogen-bond acceptors (Lipinski definition) is 3. The van der Waals surface area contributed by atoms with Crippen molar-refractivity contribution in [3.05, 3.63) is 52.9 Å². The summed E-state index contributed by atoms with van der Waals surface area (Å²) < 4.78 is 3.64. The molecule has 4 rings (SSSR count). The molecule has 4 aromatic rings. The van der Waals surface area contributed by atoms with Gasteiger partial charge < -0.3 is 0 Å². The second kappa shape index (κ2) is 6.25. The second-order valence-corrected chi connectivity index (χ2v) is 6.87. The van der Waals surface area contributed by atoms with Crippen LogP contribution >= 0.6 is 11.6 Å². The number of benzene rings is 1. The Bertz CT molecular complexity index is 1120. The van der Waals surface area contributed by atoms with Gasteiger partial charge in [-0.2, -0.15) is 10.2 Å². The maximum Gasteiger partial charge on any atom is 0.139 e. The van der Waals surface area contributed by atoms with E-state index < -0.39 is 0 Å². The van der Waals surface area contributed by atoms with E-state index in [0.29, 0.717) is 5.15 Å². The van der Waals surface area contributed by atoms with Crippen LogP contribution in [0.5, 0.6) is 0 Å². The molecular weight excluding hydrogens is 346 g/mol. The molecule has 0 unspecified atom stereocenters. The summed E-state index contributed by atoms with van der Waals surface area (Å²) in [6.45, 7) is 4.25. The summed E-state index contributed by atoms with van der Waals surface area (Å²) in [6, 6.07) is 8.36. The lowest BCUT2D eigenvalue weighted by molar-refractivity contribution is 0.770. The lowest BCUT2D eigenvalue weighted by Crippen LogP contribution is -1.99. The molecule has 0 N–H and O–H groups in total. The van der Waals surface area contributed by atoms with Crippen molar-refractivity contribution in [3.63, 3.8) is 0 Å². The Morgan fingerprint density at radius 2 is 1.96 bits per heavy atom. The van der Waals surface area contributed by atoms with Crippen molar-refractivity contribution < 1.29 is 0 Å². The van der Waals surface area contributed by atoms with Crippen molar-refractivity contribution in [2.75, 3.05) is 0 Å². The summed E-state index contributed by atoms with van der Waals surface area (Å²) in [4.78, 5) is 4.77. The first kappa shape index (κ1) is 16.8. The quantitative estimate of drug-likeness (QED) is 0.500. The summed E-state index contributed by atoms with van der Waals surface area (Å²) in [7, 11) is 3.84. The van der Waals surface area contributed by atoms with Gasteiger partial charge in [0, 0.05) is 43.0 Å². The van der Waals surface area contributed by atoms with Gasteiger partial charge in [0.25, 0.3) is 0 Å². The molecule has 132 valence electrons. The van der Waals surface area contributed by atoms with E-state index in [1.54, 1.807) is 10.9 Å². The highest BCUT2D eigenvalue weighted by molar-refractivity contribution is 6.33. The Hall–Kier alpha value is -2.66. The molecule has 0 aliphatic heterocycles. The first-order chi connectivity index (χ1) is 12.5. The molecule has 0 atom stereocenters. The summed E-state index contributed by atoms with van der Waals surface area (Å²) in [5.74, 6) is 0. The second-order valence-electron chi connectivity index (χ2n) is 6.51. The van der Waals surface area contributed by atoms with Crippen LogP contribution < -0.4 is 0 Å². The minimum atomic E-state index is 0.473. The van der Waals surface area contributed by atoms with Crippen LogP contribution in [0.2, 0.25) is 5.15 Å². The van der Waals surface area contributed by atoms with E-state index >= 15 is 0 Å². The van der Waals surface area contributed by atoms with Crippen molar-refractivity contribution >= 4 is 22.5 Å². The molecule has 0 aliphatic carbocycles. The molecule has 0 aliphatic rings. The lowest BCUT2D eigenvalue weighted by Gasteiger charge is -2.14. The van der Waals surface area contributed by atoms with Crippen molar-refractivity contribution in [1.82, 2.24) is 24.5 Å². The van der Waals surface area contributed by atoms with Crippen LogP contribution in [0, 0.1) is 6.92 Å². The first-order valence-electron chi connectivity index (χ1n) is 8.60. The van der Waals surface area contributed by atoms with Crippen LogP contribution in [0.1, 0.15) is 18.1 Å². The largest absolute Gasteiger partial charge is 0.275 e. The molecule has 3 aromatic heterocycles. The molecular formula is C20H20ClN5. The fourth-order valence-corrected chi connectivity index (χ4v) is 3.75. The minimum absolute atomic E-state index is 0.473. The standard InChI is InChI=1S/C20H20ClN5/c1-5-13-10-14-12(2)18(16-7-9-25(3)24-16)20(21)23-19(14)15(11-13)17-6-8-22-26(17)4/h6-11H,5H2,1-4H3. The number of halogens is 1. The molecule has 1 aromatic carbocycles. The topological polar surface area (TPSA) is 48.5 Å². The van der Waals surface area contributed by atoms with Crippen molar-refractivity contribution in [1.29, 1.82) is 0 Å². The molecule has 0 saturated carbocycles. The van der Waals surface area contributed by atoms with E-state index in [9.17, 15) is 0 Å². The SMILES string of the molecule is CCc1cc(-c2ccnn2C)c2nc(Cl)c(-c3ccn(C)n3)c(C)c2c1. The Kier molecular flexibility index (Phi) is 4.04. The highest BCUT2D eigenvalue weighted by Gasteiger charge is 2.19. The molecule has 0 radical (unpaired) electrons. The van der Waals surface area contributed by atoms with Crippen LogP contribution in [0.25, 0.3) is 33.4 Å². The van der Waals surface area contributed by atoms with Crippen LogP contribution in [0.3, 0.4) is 0 Å². The van der Waals surface area contributed by atoms with E-state index in [1.165, 1.54) is 5.56 Å². The van der Waals surface area contributed by atoms with Gasteiger partial charge in [0.1, 0.15) is 5.15 Å². The van der Waals surface area contributed by atoms with E-state index in [4.69, 9.17) is 16.6 Å². The zero-order chi connectivity index (χ0) is 18.4. The zero-order valence-electron chi connectivity index (χ0n) is 15.3. The van der Waals surface area contributed by atoms with Gasteiger partial charge in [-0.1, -0.05) is 18.5 Å². The van der Waals surface area contributed by atoms with Crippen LogP contribution in [-0.4, -0.2) is 24.5 Å². The van der Waals surface area contributed by atoms with E-state index in [1.807, 2.05) is 37.1 Å². The highest BCUT2D eigenvalue weighted by Crippen LogP contribution is 2.37. The molecule has 0 amide bonds. The average Bonchev–Trinajstić information content (AvgIpc) is 3.23.